The Labute approximate surface area is 167 Å². The van der Waals surface area contributed by atoms with Gasteiger partial charge in [0.05, 0.1) is 13.2 Å². The Kier molecular flexibility index (Phi) is 8.58. The summed E-state index contributed by atoms with van der Waals surface area (Å²) in [5, 5.41) is 7.55. The topological polar surface area (TPSA) is 58.1 Å². The van der Waals surface area contributed by atoms with Crippen LogP contribution in [0.5, 0.6) is 5.75 Å². The number of benzene rings is 1. The van der Waals surface area contributed by atoms with E-state index in [9.17, 15) is 0 Å². The lowest BCUT2D eigenvalue weighted by atomic mass is 10.2. The van der Waals surface area contributed by atoms with E-state index in [-0.39, 0.29) is 0 Å². The summed E-state index contributed by atoms with van der Waals surface area (Å²) < 4.78 is 11.3. The molecule has 150 valence electrons. The van der Waals surface area contributed by atoms with Crippen LogP contribution in [0.15, 0.2) is 29.3 Å². The zero-order valence-electron chi connectivity index (χ0n) is 16.3. The van der Waals surface area contributed by atoms with Crippen molar-refractivity contribution in [2.75, 3.05) is 58.8 Å². The number of aliphatic imine (C=N–C) groups is 1. The van der Waals surface area contributed by atoms with Crippen LogP contribution in [0.4, 0.5) is 0 Å². The van der Waals surface area contributed by atoms with Crippen LogP contribution in [-0.4, -0.2) is 74.9 Å². The third kappa shape index (κ3) is 7.24. The highest BCUT2D eigenvalue weighted by Crippen LogP contribution is 2.25. The minimum atomic E-state index is 0.708. The number of morpholine rings is 1. The van der Waals surface area contributed by atoms with E-state index < -0.39 is 0 Å². The summed E-state index contributed by atoms with van der Waals surface area (Å²) in [6, 6.07) is 8.29. The van der Waals surface area contributed by atoms with Gasteiger partial charge in [0.25, 0.3) is 0 Å². The summed E-state index contributed by atoms with van der Waals surface area (Å²) in [5.74, 6) is 3.07. The molecule has 6 nitrogen and oxygen atoms in total. The van der Waals surface area contributed by atoms with Crippen molar-refractivity contribution in [2.24, 2.45) is 4.99 Å². The molecule has 1 aromatic carbocycles. The molecular weight excluding hydrogens is 360 g/mol. The van der Waals surface area contributed by atoms with Gasteiger partial charge >= 0.3 is 0 Å². The number of thioether (sulfide) groups is 1. The largest absolute Gasteiger partial charge is 0.492 e. The lowest BCUT2D eigenvalue weighted by Crippen LogP contribution is -2.39. The summed E-state index contributed by atoms with van der Waals surface area (Å²) in [5.41, 5.74) is 1.19. The lowest BCUT2D eigenvalue weighted by molar-refractivity contribution is 0.0322. The quantitative estimate of drug-likeness (QED) is 0.521. The fourth-order valence-electron chi connectivity index (χ4n) is 3.28. The molecule has 0 spiro atoms. The fraction of sp³-hybridized carbons (Fsp3) is 0.650. The molecule has 0 aromatic heterocycles. The summed E-state index contributed by atoms with van der Waals surface area (Å²) >= 11 is 2.06. The van der Waals surface area contributed by atoms with Gasteiger partial charge in [0, 0.05) is 45.0 Å². The second-order valence-corrected chi connectivity index (χ2v) is 8.30. The van der Waals surface area contributed by atoms with Gasteiger partial charge in [-0.2, -0.15) is 11.8 Å². The van der Waals surface area contributed by atoms with Crippen molar-refractivity contribution in [1.29, 1.82) is 0 Å². The van der Waals surface area contributed by atoms with E-state index in [1.165, 1.54) is 24.2 Å². The molecule has 0 aliphatic carbocycles. The van der Waals surface area contributed by atoms with E-state index in [1.54, 1.807) is 0 Å². The Morgan fingerprint density at radius 1 is 1.33 bits per heavy atom. The Morgan fingerprint density at radius 3 is 3.00 bits per heavy atom. The molecule has 1 aromatic rings. The van der Waals surface area contributed by atoms with Crippen LogP contribution in [0, 0.1) is 0 Å². The van der Waals surface area contributed by atoms with Gasteiger partial charge in [-0.05, 0) is 36.3 Å². The highest BCUT2D eigenvalue weighted by Gasteiger charge is 2.15. The number of hydrogen-bond donors (Lipinski definition) is 2. The molecular formula is C20H32N4O2S. The molecule has 2 aliphatic heterocycles. The van der Waals surface area contributed by atoms with Crippen LogP contribution in [0.1, 0.15) is 18.4 Å². The van der Waals surface area contributed by atoms with Crippen LogP contribution < -0.4 is 15.4 Å². The zero-order valence-corrected chi connectivity index (χ0v) is 17.1. The first kappa shape index (κ1) is 20.3. The number of hydrogen-bond acceptors (Lipinski definition) is 5. The van der Waals surface area contributed by atoms with Crippen molar-refractivity contribution < 1.29 is 9.47 Å². The van der Waals surface area contributed by atoms with Crippen LogP contribution in [0.25, 0.3) is 0 Å². The van der Waals surface area contributed by atoms with Crippen LogP contribution in [-0.2, 0) is 11.3 Å². The van der Waals surface area contributed by atoms with E-state index in [2.05, 4.69) is 44.4 Å². The fourth-order valence-corrected chi connectivity index (χ4v) is 4.49. The van der Waals surface area contributed by atoms with Gasteiger partial charge in [-0.1, -0.05) is 12.1 Å². The van der Waals surface area contributed by atoms with Crippen molar-refractivity contribution in [1.82, 2.24) is 15.5 Å². The summed E-state index contributed by atoms with van der Waals surface area (Å²) in [6.45, 7) is 7.03. The Morgan fingerprint density at radius 2 is 2.22 bits per heavy atom. The van der Waals surface area contributed by atoms with E-state index >= 15 is 0 Å². The third-order valence-electron chi connectivity index (χ3n) is 4.88. The SMILES string of the molecule is CN=C(NCc1cccc(OCCN2CCOCC2)c1)NCC1CCCS1. The Hall–Kier alpha value is -1.44. The second kappa shape index (κ2) is 11.4. The van der Waals surface area contributed by atoms with Crippen LogP contribution in [0.3, 0.4) is 0 Å². The average Bonchev–Trinajstić information content (AvgIpc) is 3.23. The summed E-state index contributed by atoms with van der Waals surface area (Å²) in [4.78, 5) is 6.71. The van der Waals surface area contributed by atoms with Crippen molar-refractivity contribution in [3.8, 4) is 5.75 Å². The Bertz CT molecular complexity index is 587. The molecule has 27 heavy (non-hydrogen) atoms. The molecule has 0 bridgehead atoms. The van der Waals surface area contributed by atoms with E-state index in [0.717, 1.165) is 57.6 Å². The normalized spacial score (nSPS) is 21.2. The number of nitrogens with one attached hydrogen (secondary N) is 2. The molecule has 1 atom stereocenters. The minimum absolute atomic E-state index is 0.708. The van der Waals surface area contributed by atoms with Crippen molar-refractivity contribution in [3.63, 3.8) is 0 Å². The number of nitrogens with zero attached hydrogens (tertiary/aromatic N) is 2. The van der Waals surface area contributed by atoms with Gasteiger partial charge < -0.3 is 20.1 Å². The standard InChI is InChI=1S/C20H32N4O2S/c1-21-20(23-16-19-6-3-13-27-19)22-15-17-4-2-5-18(14-17)26-12-9-24-7-10-25-11-8-24/h2,4-5,14,19H,3,6-13,15-16H2,1H3,(H2,21,22,23). The Balaban J connectivity index is 1.38. The van der Waals surface area contributed by atoms with Crippen molar-refractivity contribution in [2.45, 2.75) is 24.6 Å². The van der Waals surface area contributed by atoms with Gasteiger partial charge in [-0.3, -0.25) is 9.89 Å². The minimum Gasteiger partial charge on any atom is -0.492 e. The van der Waals surface area contributed by atoms with Crippen molar-refractivity contribution in [3.05, 3.63) is 29.8 Å². The van der Waals surface area contributed by atoms with Gasteiger partial charge in [0.2, 0.25) is 0 Å². The smallest absolute Gasteiger partial charge is 0.191 e. The first-order chi connectivity index (χ1) is 13.3. The predicted octanol–water partition coefficient (Wildman–Crippen LogP) is 1.96. The predicted molar refractivity (Wildman–Crippen MR) is 113 cm³/mol. The molecule has 0 amide bonds. The molecule has 7 heteroatoms. The molecule has 0 radical (unpaired) electrons. The highest BCUT2D eigenvalue weighted by molar-refractivity contribution is 8.00. The number of guanidine groups is 1. The van der Waals surface area contributed by atoms with Crippen LogP contribution in [0.2, 0.25) is 0 Å². The maximum absolute atomic E-state index is 5.94. The van der Waals surface area contributed by atoms with Crippen molar-refractivity contribution >= 4 is 17.7 Å². The highest BCUT2D eigenvalue weighted by atomic mass is 32.2. The monoisotopic (exact) mass is 392 g/mol. The van der Waals surface area contributed by atoms with Gasteiger partial charge in [0.1, 0.15) is 12.4 Å². The maximum atomic E-state index is 5.94. The van der Waals surface area contributed by atoms with Gasteiger partial charge in [-0.25, -0.2) is 0 Å². The average molecular weight is 393 g/mol. The number of rotatable bonds is 8. The first-order valence-corrected chi connectivity index (χ1v) is 11.0. The molecule has 2 heterocycles. The maximum Gasteiger partial charge on any atom is 0.191 e. The van der Waals surface area contributed by atoms with Gasteiger partial charge in [-0.15, -0.1) is 0 Å². The van der Waals surface area contributed by atoms with Gasteiger partial charge in [0.15, 0.2) is 5.96 Å². The first-order valence-electron chi connectivity index (χ1n) is 9.91. The van der Waals surface area contributed by atoms with E-state index in [1.807, 2.05) is 19.2 Å². The molecule has 2 aliphatic rings. The molecule has 2 saturated heterocycles. The van der Waals surface area contributed by atoms with E-state index in [0.29, 0.717) is 11.9 Å². The second-order valence-electron chi connectivity index (χ2n) is 6.89. The summed E-state index contributed by atoms with van der Waals surface area (Å²) in [6.07, 6.45) is 2.64. The third-order valence-corrected chi connectivity index (χ3v) is 6.28. The molecule has 1 unspecified atom stereocenters. The molecule has 3 rings (SSSR count). The molecule has 0 saturated carbocycles. The van der Waals surface area contributed by atoms with E-state index in [4.69, 9.17) is 9.47 Å². The zero-order chi connectivity index (χ0) is 18.7. The molecule has 2 fully saturated rings. The summed E-state index contributed by atoms with van der Waals surface area (Å²) in [7, 11) is 1.82. The lowest BCUT2D eigenvalue weighted by Gasteiger charge is -2.26. The molecule has 2 N–H and O–H groups in total. The number of ether oxygens (including phenoxy) is 2. The van der Waals surface area contributed by atoms with Crippen LogP contribution >= 0.6 is 11.8 Å².